The predicted octanol–water partition coefficient (Wildman–Crippen LogP) is 3.34. The molecule has 14 heavy (non-hydrogen) atoms. The summed E-state index contributed by atoms with van der Waals surface area (Å²) in [7, 11) is 0. The first-order valence-electron chi connectivity index (χ1n) is 5.02. The van der Waals surface area contributed by atoms with Crippen molar-refractivity contribution >= 4 is 17.3 Å². The van der Waals surface area contributed by atoms with Crippen LogP contribution in [0.4, 0.5) is 5.69 Å². The number of nitrogens with zero attached hydrogens (tertiary/aromatic N) is 1. The van der Waals surface area contributed by atoms with Gasteiger partial charge in [-0.3, -0.25) is 4.98 Å². The van der Waals surface area contributed by atoms with Crippen LogP contribution in [-0.4, -0.2) is 11.0 Å². The molecule has 2 rings (SSSR count). The zero-order chi connectivity index (χ0) is 10.2. The lowest BCUT2D eigenvalue weighted by molar-refractivity contribution is 0.535. The molecule has 0 radical (unpaired) electrons. The Morgan fingerprint density at radius 3 is 3.07 bits per heavy atom. The highest BCUT2D eigenvalue weighted by Gasteiger charge is 2.48. The van der Waals surface area contributed by atoms with Crippen LogP contribution in [0.1, 0.15) is 26.7 Å². The van der Waals surface area contributed by atoms with Gasteiger partial charge in [0.25, 0.3) is 0 Å². The molecule has 1 aliphatic rings. The van der Waals surface area contributed by atoms with Gasteiger partial charge in [0.2, 0.25) is 0 Å². The van der Waals surface area contributed by atoms with Crippen molar-refractivity contribution < 1.29 is 0 Å². The topological polar surface area (TPSA) is 24.9 Å². The summed E-state index contributed by atoms with van der Waals surface area (Å²) in [5.41, 5.74) is 1.47. The monoisotopic (exact) mass is 210 g/mol. The molecule has 1 aromatic rings. The number of rotatable bonds is 3. The predicted molar refractivity (Wildman–Crippen MR) is 59.7 cm³/mol. The molecule has 1 heterocycles. The Morgan fingerprint density at radius 2 is 2.50 bits per heavy atom. The molecule has 0 saturated heterocycles. The molecule has 0 amide bonds. The van der Waals surface area contributed by atoms with Gasteiger partial charge in [-0.05, 0) is 24.3 Å². The molecule has 3 heteroatoms. The van der Waals surface area contributed by atoms with Crippen molar-refractivity contribution in [1.82, 2.24) is 4.98 Å². The van der Waals surface area contributed by atoms with Gasteiger partial charge in [-0.2, -0.15) is 0 Å². The second-order valence-electron chi connectivity index (χ2n) is 4.26. The van der Waals surface area contributed by atoms with Gasteiger partial charge in [0.15, 0.2) is 0 Å². The van der Waals surface area contributed by atoms with Gasteiger partial charge in [-0.1, -0.05) is 25.4 Å². The fraction of sp³-hybridized carbons (Fsp3) is 0.545. The van der Waals surface area contributed by atoms with Crippen molar-refractivity contribution in [3.05, 3.63) is 23.5 Å². The molecule has 1 N–H and O–H groups in total. The van der Waals surface area contributed by atoms with Crippen LogP contribution in [0.5, 0.6) is 0 Å². The number of anilines is 1. The van der Waals surface area contributed by atoms with E-state index < -0.39 is 0 Å². The molecule has 2 atom stereocenters. The maximum Gasteiger partial charge on any atom is 0.0820 e. The largest absolute Gasteiger partial charge is 0.380 e. The van der Waals surface area contributed by atoms with Gasteiger partial charge in [-0.15, -0.1) is 0 Å². The number of halogens is 1. The summed E-state index contributed by atoms with van der Waals surface area (Å²) in [4.78, 5) is 3.96. The summed E-state index contributed by atoms with van der Waals surface area (Å²) in [6, 6.07) is 2.50. The highest BCUT2D eigenvalue weighted by atomic mass is 35.5. The minimum Gasteiger partial charge on any atom is -0.380 e. The Kier molecular flexibility index (Phi) is 2.40. The Hall–Kier alpha value is -0.760. The number of nitrogens with one attached hydrogen (secondary N) is 1. The molecule has 1 saturated carbocycles. The maximum atomic E-state index is 6.01. The average molecular weight is 211 g/mol. The average Bonchev–Trinajstić information content (AvgIpc) is 2.82. The second kappa shape index (κ2) is 3.43. The van der Waals surface area contributed by atoms with E-state index in [9.17, 15) is 0 Å². The SMILES string of the molecule is CCC1(C)CC1Nc1ccncc1Cl. The smallest absolute Gasteiger partial charge is 0.0820 e. The summed E-state index contributed by atoms with van der Waals surface area (Å²) >= 11 is 6.01. The molecule has 1 aromatic heterocycles. The molecule has 0 aromatic carbocycles. The van der Waals surface area contributed by atoms with Crippen LogP contribution >= 0.6 is 11.6 Å². The van der Waals surface area contributed by atoms with E-state index in [1.165, 1.54) is 12.8 Å². The van der Waals surface area contributed by atoms with Crippen LogP contribution in [0.15, 0.2) is 18.5 Å². The Labute approximate surface area is 89.7 Å². The van der Waals surface area contributed by atoms with Crippen LogP contribution in [-0.2, 0) is 0 Å². The van der Waals surface area contributed by atoms with Crippen LogP contribution in [0.2, 0.25) is 5.02 Å². The number of aromatic nitrogens is 1. The third-order valence-electron chi connectivity index (χ3n) is 3.26. The standard InChI is InChI=1S/C11H15ClN2/c1-3-11(2)6-10(11)14-9-4-5-13-7-8(9)12/h4-5,7,10H,3,6H2,1-2H3,(H,13,14). The van der Waals surface area contributed by atoms with Crippen LogP contribution in [0, 0.1) is 5.41 Å². The van der Waals surface area contributed by atoms with Gasteiger partial charge in [0.05, 0.1) is 10.7 Å². The lowest BCUT2D eigenvalue weighted by Gasteiger charge is -2.11. The lowest BCUT2D eigenvalue weighted by Crippen LogP contribution is -2.10. The summed E-state index contributed by atoms with van der Waals surface area (Å²) < 4.78 is 0. The van der Waals surface area contributed by atoms with Crippen molar-refractivity contribution in [1.29, 1.82) is 0 Å². The van der Waals surface area contributed by atoms with E-state index in [0.29, 0.717) is 16.5 Å². The lowest BCUT2D eigenvalue weighted by atomic mass is 10.1. The third-order valence-corrected chi connectivity index (χ3v) is 3.56. The Balaban J connectivity index is 2.04. The third kappa shape index (κ3) is 1.71. The Bertz CT molecular complexity index is 340. The normalized spacial score (nSPS) is 30.1. The number of hydrogen-bond donors (Lipinski definition) is 1. The van der Waals surface area contributed by atoms with Gasteiger partial charge in [0, 0.05) is 18.4 Å². The molecule has 2 unspecified atom stereocenters. The van der Waals surface area contributed by atoms with Crippen LogP contribution in [0.3, 0.4) is 0 Å². The van der Waals surface area contributed by atoms with E-state index in [1.807, 2.05) is 6.07 Å². The number of hydrogen-bond acceptors (Lipinski definition) is 2. The van der Waals surface area contributed by atoms with E-state index in [1.54, 1.807) is 12.4 Å². The molecular weight excluding hydrogens is 196 g/mol. The molecule has 1 fully saturated rings. The van der Waals surface area contributed by atoms with E-state index in [-0.39, 0.29) is 0 Å². The van der Waals surface area contributed by atoms with E-state index >= 15 is 0 Å². The van der Waals surface area contributed by atoms with Gasteiger partial charge < -0.3 is 5.32 Å². The molecule has 2 nitrogen and oxygen atoms in total. The summed E-state index contributed by atoms with van der Waals surface area (Å²) in [5.74, 6) is 0. The van der Waals surface area contributed by atoms with E-state index in [4.69, 9.17) is 11.6 Å². The summed E-state index contributed by atoms with van der Waals surface area (Å²) in [6.45, 7) is 4.54. The van der Waals surface area contributed by atoms with Crippen molar-refractivity contribution in [3.63, 3.8) is 0 Å². The zero-order valence-electron chi connectivity index (χ0n) is 8.55. The van der Waals surface area contributed by atoms with E-state index in [0.717, 1.165) is 5.69 Å². The highest BCUT2D eigenvalue weighted by molar-refractivity contribution is 6.33. The summed E-state index contributed by atoms with van der Waals surface area (Å²) in [6.07, 6.45) is 5.89. The first-order chi connectivity index (χ1) is 6.65. The molecule has 0 aliphatic heterocycles. The second-order valence-corrected chi connectivity index (χ2v) is 4.67. The zero-order valence-corrected chi connectivity index (χ0v) is 9.30. The molecule has 1 aliphatic carbocycles. The molecule has 0 bridgehead atoms. The fourth-order valence-electron chi connectivity index (χ4n) is 1.70. The molecule has 0 spiro atoms. The van der Waals surface area contributed by atoms with Crippen molar-refractivity contribution in [2.24, 2.45) is 5.41 Å². The minimum atomic E-state index is 0.465. The van der Waals surface area contributed by atoms with Crippen molar-refractivity contribution in [2.45, 2.75) is 32.7 Å². The Morgan fingerprint density at radius 1 is 1.71 bits per heavy atom. The fourth-order valence-corrected chi connectivity index (χ4v) is 1.88. The van der Waals surface area contributed by atoms with E-state index in [2.05, 4.69) is 24.1 Å². The van der Waals surface area contributed by atoms with Crippen LogP contribution in [0.25, 0.3) is 0 Å². The minimum absolute atomic E-state index is 0.465. The van der Waals surface area contributed by atoms with Crippen LogP contribution < -0.4 is 5.32 Å². The van der Waals surface area contributed by atoms with Crippen molar-refractivity contribution in [2.75, 3.05) is 5.32 Å². The number of pyridine rings is 1. The van der Waals surface area contributed by atoms with Crippen molar-refractivity contribution in [3.8, 4) is 0 Å². The summed E-state index contributed by atoms with van der Waals surface area (Å²) in [5, 5.41) is 4.16. The van der Waals surface area contributed by atoms with Gasteiger partial charge in [0.1, 0.15) is 0 Å². The first kappa shape index (κ1) is 9.78. The molecule has 76 valence electrons. The first-order valence-corrected chi connectivity index (χ1v) is 5.39. The maximum absolute atomic E-state index is 6.01. The molecular formula is C11H15ClN2. The highest BCUT2D eigenvalue weighted by Crippen LogP contribution is 2.50. The van der Waals surface area contributed by atoms with Gasteiger partial charge >= 0.3 is 0 Å². The van der Waals surface area contributed by atoms with Gasteiger partial charge in [-0.25, -0.2) is 0 Å². The quantitative estimate of drug-likeness (QED) is 0.828.